The van der Waals surface area contributed by atoms with E-state index in [1.807, 2.05) is 40.8 Å². The molecule has 8 heteroatoms. The van der Waals surface area contributed by atoms with Gasteiger partial charge in [0.25, 0.3) is 0 Å². The zero-order valence-corrected chi connectivity index (χ0v) is 21.8. The Kier molecular flexibility index (Phi) is 7.29. The van der Waals surface area contributed by atoms with Crippen LogP contribution in [0.1, 0.15) is 30.2 Å². The molecule has 1 aliphatic heterocycles. The van der Waals surface area contributed by atoms with Crippen LogP contribution in [0.3, 0.4) is 0 Å². The minimum absolute atomic E-state index is 0.00741. The summed E-state index contributed by atoms with van der Waals surface area (Å²) < 4.78 is 27.9. The first kappa shape index (κ1) is 25.2. The van der Waals surface area contributed by atoms with Crippen molar-refractivity contribution in [1.29, 1.82) is 0 Å². The summed E-state index contributed by atoms with van der Waals surface area (Å²) in [6, 6.07) is 25.4. The van der Waals surface area contributed by atoms with Gasteiger partial charge in [-0.05, 0) is 47.2 Å². The highest BCUT2D eigenvalue weighted by atomic mass is 19.1. The fourth-order valence-corrected chi connectivity index (χ4v) is 5.06. The number of hydrogen-bond acceptors (Lipinski definition) is 6. The van der Waals surface area contributed by atoms with E-state index in [4.69, 9.17) is 9.47 Å². The van der Waals surface area contributed by atoms with Crippen molar-refractivity contribution in [1.82, 2.24) is 19.5 Å². The number of aromatic nitrogens is 4. The molecule has 0 unspecified atom stereocenters. The van der Waals surface area contributed by atoms with Gasteiger partial charge in [-0.2, -0.15) is 0 Å². The number of imidazole rings is 1. The largest absolute Gasteiger partial charge is 0.374 e. The van der Waals surface area contributed by atoms with Gasteiger partial charge in [-0.25, -0.2) is 19.3 Å². The lowest BCUT2D eigenvalue weighted by Crippen LogP contribution is -2.19. The molecule has 3 aromatic carbocycles. The molecule has 0 bridgehead atoms. The molecule has 7 nitrogen and oxygen atoms in total. The molecule has 2 aromatic heterocycles. The van der Waals surface area contributed by atoms with Crippen molar-refractivity contribution in [3.8, 4) is 11.1 Å². The topological polar surface area (TPSA) is 65.3 Å². The number of rotatable bonds is 9. The van der Waals surface area contributed by atoms with Crippen LogP contribution >= 0.6 is 0 Å². The molecular formula is C31H30FN5O2. The van der Waals surface area contributed by atoms with Crippen LogP contribution in [-0.4, -0.2) is 39.3 Å². The molecule has 3 heterocycles. The number of ether oxygens (including phenoxy) is 2. The number of anilines is 1. The van der Waals surface area contributed by atoms with Crippen molar-refractivity contribution in [3.63, 3.8) is 0 Å². The molecule has 1 saturated heterocycles. The molecule has 0 aliphatic carbocycles. The van der Waals surface area contributed by atoms with Gasteiger partial charge < -0.3 is 14.4 Å². The van der Waals surface area contributed by atoms with Crippen molar-refractivity contribution >= 4 is 17.0 Å². The molecular weight excluding hydrogens is 493 g/mol. The van der Waals surface area contributed by atoms with Crippen LogP contribution < -0.4 is 4.90 Å². The highest BCUT2D eigenvalue weighted by Gasteiger charge is 2.29. The van der Waals surface area contributed by atoms with Crippen molar-refractivity contribution < 1.29 is 13.9 Å². The Morgan fingerprint density at radius 2 is 1.74 bits per heavy atom. The molecule has 6 rings (SSSR count). The Morgan fingerprint density at radius 1 is 0.923 bits per heavy atom. The summed E-state index contributed by atoms with van der Waals surface area (Å²) in [6.45, 7) is 1.58. The quantitative estimate of drug-likeness (QED) is 0.230. The van der Waals surface area contributed by atoms with Gasteiger partial charge in [0.2, 0.25) is 0 Å². The molecule has 0 radical (unpaired) electrons. The second-order valence-electron chi connectivity index (χ2n) is 9.88. The van der Waals surface area contributed by atoms with Crippen LogP contribution in [-0.2, 0) is 22.6 Å². The zero-order valence-electron chi connectivity index (χ0n) is 21.8. The Labute approximate surface area is 226 Å². The van der Waals surface area contributed by atoms with Gasteiger partial charge in [0.15, 0.2) is 17.0 Å². The van der Waals surface area contributed by atoms with Gasteiger partial charge in [-0.15, -0.1) is 0 Å². The van der Waals surface area contributed by atoms with E-state index in [1.165, 1.54) is 29.6 Å². The summed E-state index contributed by atoms with van der Waals surface area (Å²) in [4.78, 5) is 15.5. The van der Waals surface area contributed by atoms with Crippen LogP contribution in [0.15, 0.2) is 91.5 Å². The highest BCUT2D eigenvalue weighted by Crippen LogP contribution is 2.32. The number of halogens is 1. The number of benzene rings is 3. The molecule has 2 atom stereocenters. The molecule has 1 aliphatic rings. The molecule has 0 N–H and O–H groups in total. The molecule has 198 valence electrons. The van der Waals surface area contributed by atoms with Crippen molar-refractivity contribution in [2.24, 2.45) is 0 Å². The van der Waals surface area contributed by atoms with Gasteiger partial charge in [0.1, 0.15) is 18.4 Å². The maximum Gasteiger partial charge on any atom is 0.167 e. The van der Waals surface area contributed by atoms with E-state index in [0.717, 1.165) is 29.6 Å². The minimum Gasteiger partial charge on any atom is -0.374 e. The fourth-order valence-electron chi connectivity index (χ4n) is 5.06. The second-order valence-corrected chi connectivity index (χ2v) is 9.88. The Hall–Kier alpha value is -4.14. The predicted octanol–water partition coefficient (Wildman–Crippen LogP) is 6.16. The van der Waals surface area contributed by atoms with Crippen molar-refractivity contribution in [3.05, 3.63) is 108 Å². The molecule has 1 fully saturated rings. The third-order valence-corrected chi connectivity index (χ3v) is 7.04. The Bertz CT molecular complexity index is 1540. The summed E-state index contributed by atoms with van der Waals surface area (Å²) in [5.41, 5.74) is 5.81. The SMILES string of the molecule is CN(Cc1cccc(F)c1)c1ncnc2c1ncn2[C@H]1CC[C@@H](COCc2ccc(-c3ccccc3)cc2)O1. The standard InChI is InChI=1S/C31H30FN5O2/c1-36(17-23-6-5-9-26(32)16-23)30-29-31(34-20-33-30)37(21-35-29)28-15-14-27(39-28)19-38-18-22-10-12-25(13-11-22)24-7-3-2-4-8-24/h2-13,16,20-21,27-28H,14-15,17-19H2,1H3/t27-,28+/m0/s1. The first-order valence-electron chi connectivity index (χ1n) is 13.1. The summed E-state index contributed by atoms with van der Waals surface area (Å²) in [5, 5.41) is 0. The normalized spacial score (nSPS) is 17.1. The van der Waals surface area contributed by atoms with Crippen LogP contribution in [0, 0.1) is 5.82 Å². The van der Waals surface area contributed by atoms with E-state index < -0.39 is 0 Å². The van der Waals surface area contributed by atoms with Gasteiger partial charge in [-0.3, -0.25) is 4.57 Å². The maximum atomic E-state index is 13.6. The van der Waals surface area contributed by atoms with Crippen LogP contribution in [0.2, 0.25) is 0 Å². The first-order chi connectivity index (χ1) is 19.1. The molecule has 0 amide bonds. The average Bonchev–Trinajstić information content (AvgIpc) is 3.61. The second kappa shape index (κ2) is 11.3. The van der Waals surface area contributed by atoms with Crippen LogP contribution in [0.5, 0.6) is 0 Å². The molecule has 0 spiro atoms. The van der Waals surface area contributed by atoms with Gasteiger partial charge in [-0.1, -0.05) is 66.7 Å². The van der Waals surface area contributed by atoms with Crippen molar-refractivity contribution in [2.45, 2.75) is 38.3 Å². The molecule has 39 heavy (non-hydrogen) atoms. The van der Waals surface area contributed by atoms with Gasteiger partial charge in [0, 0.05) is 13.6 Å². The van der Waals surface area contributed by atoms with E-state index in [0.29, 0.717) is 31.1 Å². The van der Waals surface area contributed by atoms with E-state index in [-0.39, 0.29) is 18.1 Å². The van der Waals surface area contributed by atoms with E-state index >= 15 is 0 Å². The number of nitrogens with zero attached hydrogens (tertiary/aromatic N) is 5. The Morgan fingerprint density at radius 3 is 2.56 bits per heavy atom. The monoisotopic (exact) mass is 523 g/mol. The third-order valence-electron chi connectivity index (χ3n) is 7.04. The third kappa shape index (κ3) is 5.67. The van der Waals surface area contributed by atoms with E-state index in [9.17, 15) is 4.39 Å². The lowest BCUT2D eigenvalue weighted by Gasteiger charge is -2.19. The van der Waals surface area contributed by atoms with Crippen LogP contribution in [0.25, 0.3) is 22.3 Å². The van der Waals surface area contributed by atoms with E-state index in [2.05, 4.69) is 51.4 Å². The molecule has 5 aromatic rings. The lowest BCUT2D eigenvalue weighted by molar-refractivity contribution is -0.0433. The Balaban J connectivity index is 1.05. The zero-order chi connectivity index (χ0) is 26.6. The lowest BCUT2D eigenvalue weighted by atomic mass is 10.0. The van der Waals surface area contributed by atoms with Gasteiger partial charge in [0.05, 0.1) is 25.6 Å². The summed E-state index contributed by atoms with van der Waals surface area (Å²) >= 11 is 0. The van der Waals surface area contributed by atoms with E-state index in [1.54, 1.807) is 12.4 Å². The summed E-state index contributed by atoms with van der Waals surface area (Å²) in [6.07, 6.45) is 4.90. The van der Waals surface area contributed by atoms with Gasteiger partial charge >= 0.3 is 0 Å². The summed E-state index contributed by atoms with van der Waals surface area (Å²) in [5.74, 6) is 0.440. The smallest absolute Gasteiger partial charge is 0.167 e. The maximum absolute atomic E-state index is 13.6. The number of fused-ring (bicyclic) bond motifs is 1. The summed E-state index contributed by atoms with van der Waals surface area (Å²) in [7, 11) is 1.92. The number of hydrogen-bond donors (Lipinski definition) is 0. The molecule has 0 saturated carbocycles. The highest BCUT2D eigenvalue weighted by molar-refractivity contribution is 5.83. The fraction of sp³-hybridized carbons (Fsp3) is 0.258. The van der Waals surface area contributed by atoms with Crippen LogP contribution in [0.4, 0.5) is 10.2 Å². The van der Waals surface area contributed by atoms with Crippen molar-refractivity contribution in [2.75, 3.05) is 18.6 Å². The predicted molar refractivity (Wildman–Crippen MR) is 149 cm³/mol. The first-order valence-corrected chi connectivity index (χ1v) is 13.1. The minimum atomic E-state index is -0.254. The average molecular weight is 524 g/mol.